The van der Waals surface area contributed by atoms with Crippen molar-refractivity contribution in [2.24, 2.45) is 5.92 Å². The molecule has 21 heavy (non-hydrogen) atoms. The average molecular weight is 301 g/mol. The Kier molecular flexibility index (Phi) is 13.5. The van der Waals surface area contributed by atoms with Crippen LogP contribution in [0.3, 0.4) is 0 Å². The summed E-state index contributed by atoms with van der Waals surface area (Å²) in [5.41, 5.74) is 0. The van der Waals surface area contributed by atoms with Crippen molar-refractivity contribution < 1.29 is 9.47 Å². The lowest BCUT2D eigenvalue weighted by Crippen LogP contribution is -2.43. The van der Waals surface area contributed by atoms with E-state index in [0.717, 1.165) is 32.3 Å². The van der Waals surface area contributed by atoms with Crippen LogP contribution in [0.2, 0.25) is 0 Å². The second kappa shape index (κ2) is 13.6. The van der Waals surface area contributed by atoms with Crippen LogP contribution in [0.25, 0.3) is 0 Å². The molecule has 0 aliphatic carbocycles. The molecular formula is C19H40O2. The molecule has 2 nitrogen and oxygen atoms in total. The summed E-state index contributed by atoms with van der Waals surface area (Å²) in [6.07, 6.45) is 13.7. The fourth-order valence-electron chi connectivity index (χ4n) is 3.25. The van der Waals surface area contributed by atoms with E-state index in [2.05, 4.69) is 27.7 Å². The predicted molar refractivity (Wildman–Crippen MR) is 92.7 cm³/mol. The van der Waals surface area contributed by atoms with E-state index in [1.807, 2.05) is 7.11 Å². The SMILES string of the molecule is CCCCCCCCC(CC)C(CCC)(OC)OCCC. The first-order valence-electron chi connectivity index (χ1n) is 9.39. The first-order chi connectivity index (χ1) is 10.2. The minimum absolute atomic E-state index is 0.344. The molecule has 0 spiro atoms. The number of methoxy groups -OCH3 is 1. The van der Waals surface area contributed by atoms with Gasteiger partial charge in [0.15, 0.2) is 5.79 Å². The highest BCUT2D eigenvalue weighted by Crippen LogP contribution is 2.35. The van der Waals surface area contributed by atoms with Crippen molar-refractivity contribution >= 4 is 0 Å². The van der Waals surface area contributed by atoms with E-state index in [4.69, 9.17) is 9.47 Å². The first-order valence-corrected chi connectivity index (χ1v) is 9.39. The van der Waals surface area contributed by atoms with E-state index in [-0.39, 0.29) is 5.79 Å². The Bertz CT molecular complexity index is 218. The Hall–Kier alpha value is -0.0800. The molecule has 0 aliphatic rings. The third-order valence-electron chi connectivity index (χ3n) is 4.52. The molecule has 2 unspecified atom stereocenters. The van der Waals surface area contributed by atoms with Gasteiger partial charge >= 0.3 is 0 Å². The molecule has 2 heteroatoms. The third kappa shape index (κ3) is 8.21. The van der Waals surface area contributed by atoms with Crippen LogP contribution in [-0.4, -0.2) is 19.5 Å². The summed E-state index contributed by atoms with van der Waals surface area (Å²) in [6, 6.07) is 0. The molecule has 0 N–H and O–H groups in total. The van der Waals surface area contributed by atoms with Crippen LogP contribution >= 0.6 is 0 Å². The van der Waals surface area contributed by atoms with Gasteiger partial charge in [0, 0.05) is 26.1 Å². The van der Waals surface area contributed by atoms with Gasteiger partial charge in [-0.05, 0) is 19.3 Å². The van der Waals surface area contributed by atoms with Crippen LogP contribution in [0.1, 0.15) is 98.3 Å². The Balaban J connectivity index is 4.37. The second-order valence-electron chi connectivity index (χ2n) is 6.28. The van der Waals surface area contributed by atoms with Gasteiger partial charge in [0.25, 0.3) is 0 Å². The lowest BCUT2D eigenvalue weighted by molar-refractivity contribution is -0.260. The van der Waals surface area contributed by atoms with Crippen molar-refractivity contribution in [1.29, 1.82) is 0 Å². The number of rotatable bonds is 15. The maximum absolute atomic E-state index is 6.19. The van der Waals surface area contributed by atoms with E-state index in [9.17, 15) is 0 Å². The first kappa shape index (κ1) is 20.9. The van der Waals surface area contributed by atoms with Gasteiger partial charge in [-0.2, -0.15) is 0 Å². The largest absolute Gasteiger partial charge is 0.353 e. The summed E-state index contributed by atoms with van der Waals surface area (Å²) in [4.78, 5) is 0. The molecule has 0 bridgehead atoms. The smallest absolute Gasteiger partial charge is 0.170 e. The molecule has 0 heterocycles. The lowest BCUT2D eigenvalue weighted by atomic mass is 9.86. The van der Waals surface area contributed by atoms with Gasteiger partial charge in [0.1, 0.15) is 0 Å². The summed E-state index contributed by atoms with van der Waals surface area (Å²) in [5.74, 6) is 0.184. The summed E-state index contributed by atoms with van der Waals surface area (Å²) < 4.78 is 12.1. The molecule has 0 saturated heterocycles. The molecule has 128 valence electrons. The molecule has 0 aromatic rings. The third-order valence-corrected chi connectivity index (χ3v) is 4.52. The van der Waals surface area contributed by atoms with Crippen LogP contribution in [0.4, 0.5) is 0 Å². The van der Waals surface area contributed by atoms with Crippen LogP contribution in [0, 0.1) is 5.92 Å². The molecule has 0 aromatic heterocycles. The van der Waals surface area contributed by atoms with Gasteiger partial charge in [-0.3, -0.25) is 0 Å². The zero-order chi connectivity index (χ0) is 16.0. The normalized spacial score (nSPS) is 15.9. The highest BCUT2D eigenvalue weighted by molar-refractivity contribution is 4.79. The van der Waals surface area contributed by atoms with Gasteiger partial charge in [0.2, 0.25) is 0 Å². The Labute approximate surface area is 134 Å². The standard InChI is InChI=1S/C19H40O2/c1-6-10-11-12-13-14-15-18(9-4)19(20-5,16-7-2)21-17-8-3/h18H,6-17H2,1-5H3. The maximum atomic E-state index is 6.19. The molecule has 0 rings (SSSR count). The monoisotopic (exact) mass is 300 g/mol. The molecule has 0 aliphatic heterocycles. The van der Waals surface area contributed by atoms with Crippen molar-refractivity contribution in [2.75, 3.05) is 13.7 Å². The Morgan fingerprint density at radius 2 is 1.48 bits per heavy atom. The van der Waals surface area contributed by atoms with Gasteiger partial charge in [-0.1, -0.05) is 72.6 Å². The predicted octanol–water partition coefficient (Wildman–Crippen LogP) is 6.33. The van der Waals surface area contributed by atoms with Crippen LogP contribution < -0.4 is 0 Å². The summed E-state index contributed by atoms with van der Waals surface area (Å²) >= 11 is 0. The van der Waals surface area contributed by atoms with Crippen molar-refractivity contribution in [1.82, 2.24) is 0 Å². The molecule has 2 atom stereocenters. The maximum Gasteiger partial charge on any atom is 0.170 e. The minimum Gasteiger partial charge on any atom is -0.353 e. The van der Waals surface area contributed by atoms with E-state index in [1.54, 1.807) is 0 Å². The molecular weight excluding hydrogens is 260 g/mol. The Morgan fingerprint density at radius 1 is 0.810 bits per heavy atom. The molecule has 0 aromatic carbocycles. The van der Waals surface area contributed by atoms with Crippen molar-refractivity contribution in [3.8, 4) is 0 Å². The summed E-state index contributed by atoms with van der Waals surface area (Å²) in [7, 11) is 1.83. The van der Waals surface area contributed by atoms with Crippen molar-refractivity contribution in [3.05, 3.63) is 0 Å². The highest BCUT2D eigenvalue weighted by atomic mass is 16.7. The van der Waals surface area contributed by atoms with E-state index in [0.29, 0.717) is 5.92 Å². The van der Waals surface area contributed by atoms with Gasteiger partial charge < -0.3 is 9.47 Å². The van der Waals surface area contributed by atoms with Crippen molar-refractivity contribution in [3.63, 3.8) is 0 Å². The fourth-order valence-corrected chi connectivity index (χ4v) is 3.25. The van der Waals surface area contributed by atoms with Gasteiger partial charge in [-0.25, -0.2) is 0 Å². The number of unbranched alkanes of at least 4 members (excludes halogenated alkanes) is 5. The minimum atomic E-state index is -0.344. The van der Waals surface area contributed by atoms with E-state index >= 15 is 0 Å². The second-order valence-corrected chi connectivity index (χ2v) is 6.28. The number of hydrogen-bond acceptors (Lipinski definition) is 2. The summed E-state index contributed by atoms with van der Waals surface area (Å²) in [6.45, 7) is 9.75. The van der Waals surface area contributed by atoms with Crippen LogP contribution in [-0.2, 0) is 9.47 Å². The lowest BCUT2D eigenvalue weighted by Gasteiger charge is -2.39. The molecule has 0 amide bonds. The Morgan fingerprint density at radius 3 is 2.00 bits per heavy atom. The molecule has 0 fully saturated rings. The topological polar surface area (TPSA) is 18.5 Å². The van der Waals surface area contributed by atoms with Crippen LogP contribution in [0.15, 0.2) is 0 Å². The number of ether oxygens (including phenoxy) is 2. The van der Waals surface area contributed by atoms with Crippen molar-refractivity contribution in [2.45, 2.75) is 104 Å². The molecule has 0 saturated carbocycles. The van der Waals surface area contributed by atoms with Gasteiger partial charge in [0.05, 0.1) is 0 Å². The fraction of sp³-hybridized carbons (Fsp3) is 1.00. The van der Waals surface area contributed by atoms with E-state index in [1.165, 1.54) is 44.9 Å². The highest BCUT2D eigenvalue weighted by Gasteiger charge is 2.37. The zero-order valence-corrected chi connectivity index (χ0v) is 15.4. The van der Waals surface area contributed by atoms with Gasteiger partial charge in [-0.15, -0.1) is 0 Å². The molecule has 0 radical (unpaired) electrons. The quantitative estimate of drug-likeness (QED) is 0.260. The summed E-state index contributed by atoms with van der Waals surface area (Å²) in [5, 5.41) is 0. The van der Waals surface area contributed by atoms with Crippen LogP contribution in [0.5, 0.6) is 0 Å². The average Bonchev–Trinajstić information content (AvgIpc) is 2.51. The number of hydrogen-bond donors (Lipinski definition) is 0. The van der Waals surface area contributed by atoms with E-state index < -0.39 is 0 Å². The zero-order valence-electron chi connectivity index (χ0n) is 15.4.